The highest BCUT2D eigenvalue weighted by Gasteiger charge is 2.43. The third-order valence-corrected chi connectivity index (χ3v) is 3.72. The van der Waals surface area contributed by atoms with Gasteiger partial charge in [0, 0.05) is 6.04 Å². The van der Waals surface area contributed by atoms with Crippen molar-refractivity contribution in [2.45, 2.75) is 31.7 Å². The standard InChI is InChI=1S/C10H17NO2/c1-13-10(12)8-4-7-3-2-6(8)5-9(7)11/h6-9H,2-5,11H2,1H3/t6-,7-,8-,9-/m1/s1. The fourth-order valence-electron chi connectivity index (χ4n) is 2.92. The first kappa shape index (κ1) is 9.00. The van der Waals surface area contributed by atoms with Gasteiger partial charge in [0.05, 0.1) is 13.0 Å². The van der Waals surface area contributed by atoms with Crippen molar-refractivity contribution in [3.63, 3.8) is 0 Å². The molecule has 0 amide bonds. The van der Waals surface area contributed by atoms with Crippen LogP contribution < -0.4 is 5.73 Å². The summed E-state index contributed by atoms with van der Waals surface area (Å²) in [6, 6.07) is 0.333. The van der Waals surface area contributed by atoms with Crippen LogP contribution in [0.25, 0.3) is 0 Å². The lowest BCUT2D eigenvalue weighted by atomic mass is 9.62. The van der Waals surface area contributed by atoms with Crippen molar-refractivity contribution >= 4 is 5.97 Å². The largest absolute Gasteiger partial charge is 0.469 e. The molecule has 0 unspecified atom stereocenters. The molecule has 13 heavy (non-hydrogen) atoms. The van der Waals surface area contributed by atoms with Gasteiger partial charge in [-0.2, -0.15) is 0 Å². The Kier molecular flexibility index (Phi) is 2.28. The number of nitrogens with two attached hydrogens (primary N) is 1. The molecule has 0 spiro atoms. The topological polar surface area (TPSA) is 52.3 Å². The maximum Gasteiger partial charge on any atom is 0.308 e. The normalized spacial score (nSPS) is 43.2. The zero-order valence-corrected chi connectivity index (χ0v) is 8.03. The van der Waals surface area contributed by atoms with E-state index in [-0.39, 0.29) is 11.9 Å². The van der Waals surface area contributed by atoms with Crippen LogP contribution in [-0.2, 0) is 9.53 Å². The Labute approximate surface area is 78.6 Å². The van der Waals surface area contributed by atoms with Crippen LogP contribution in [0.2, 0.25) is 0 Å². The Morgan fingerprint density at radius 1 is 1.31 bits per heavy atom. The van der Waals surface area contributed by atoms with Crippen LogP contribution in [0.3, 0.4) is 0 Å². The molecule has 0 radical (unpaired) electrons. The first-order valence-electron chi connectivity index (χ1n) is 5.05. The molecule has 3 saturated carbocycles. The number of rotatable bonds is 1. The second-order valence-corrected chi connectivity index (χ2v) is 4.36. The van der Waals surface area contributed by atoms with Crippen LogP contribution in [0.15, 0.2) is 0 Å². The second-order valence-electron chi connectivity index (χ2n) is 4.36. The number of esters is 1. The van der Waals surface area contributed by atoms with E-state index in [1.165, 1.54) is 13.5 Å². The van der Waals surface area contributed by atoms with E-state index in [0.29, 0.717) is 17.9 Å². The fourth-order valence-corrected chi connectivity index (χ4v) is 2.92. The number of hydrogen-bond acceptors (Lipinski definition) is 3. The molecule has 74 valence electrons. The fraction of sp³-hybridized carbons (Fsp3) is 0.900. The predicted molar refractivity (Wildman–Crippen MR) is 48.9 cm³/mol. The quantitative estimate of drug-likeness (QED) is 0.615. The molecule has 0 aliphatic heterocycles. The molecule has 3 heteroatoms. The summed E-state index contributed by atoms with van der Waals surface area (Å²) in [5, 5.41) is 0. The maximum absolute atomic E-state index is 11.4. The van der Waals surface area contributed by atoms with E-state index in [1.807, 2.05) is 0 Å². The molecule has 4 atom stereocenters. The molecule has 2 bridgehead atoms. The minimum absolute atomic E-state index is 0.0263. The van der Waals surface area contributed by atoms with E-state index in [0.717, 1.165) is 19.3 Å². The summed E-state index contributed by atoms with van der Waals surface area (Å²) in [5.74, 6) is 1.17. The van der Waals surface area contributed by atoms with E-state index >= 15 is 0 Å². The summed E-state index contributed by atoms with van der Waals surface area (Å²) in [7, 11) is 1.48. The zero-order chi connectivity index (χ0) is 9.42. The first-order chi connectivity index (χ1) is 6.22. The van der Waals surface area contributed by atoms with Crippen LogP contribution >= 0.6 is 0 Å². The van der Waals surface area contributed by atoms with E-state index in [4.69, 9.17) is 10.5 Å². The number of carbonyl (C=O) groups is 1. The van der Waals surface area contributed by atoms with E-state index < -0.39 is 0 Å². The van der Waals surface area contributed by atoms with Crippen LogP contribution in [0.5, 0.6) is 0 Å². The van der Waals surface area contributed by atoms with Crippen molar-refractivity contribution in [1.82, 2.24) is 0 Å². The Morgan fingerprint density at radius 2 is 2.00 bits per heavy atom. The van der Waals surface area contributed by atoms with Crippen LogP contribution in [0.1, 0.15) is 25.7 Å². The average molecular weight is 183 g/mol. The average Bonchev–Trinajstić information content (AvgIpc) is 2.17. The van der Waals surface area contributed by atoms with Crippen molar-refractivity contribution in [2.75, 3.05) is 7.11 Å². The Morgan fingerprint density at radius 3 is 2.46 bits per heavy atom. The smallest absolute Gasteiger partial charge is 0.308 e. The van der Waals surface area contributed by atoms with Crippen LogP contribution in [0, 0.1) is 17.8 Å². The van der Waals surface area contributed by atoms with Crippen molar-refractivity contribution in [1.29, 1.82) is 0 Å². The van der Waals surface area contributed by atoms with E-state index in [1.54, 1.807) is 0 Å². The van der Waals surface area contributed by atoms with Gasteiger partial charge >= 0.3 is 5.97 Å². The van der Waals surface area contributed by atoms with Gasteiger partial charge in [-0.1, -0.05) is 0 Å². The monoisotopic (exact) mass is 183 g/mol. The van der Waals surface area contributed by atoms with Crippen molar-refractivity contribution < 1.29 is 9.53 Å². The highest BCUT2D eigenvalue weighted by atomic mass is 16.5. The summed E-state index contributed by atoms with van der Waals surface area (Å²) in [6.45, 7) is 0. The number of methoxy groups -OCH3 is 1. The molecule has 0 aromatic carbocycles. The van der Waals surface area contributed by atoms with Gasteiger partial charge in [-0.15, -0.1) is 0 Å². The molecule has 0 heterocycles. The molecule has 3 rings (SSSR count). The van der Waals surface area contributed by atoms with Gasteiger partial charge in [-0.3, -0.25) is 4.79 Å². The molecule has 3 fully saturated rings. The summed E-state index contributed by atoms with van der Waals surface area (Å²) < 4.78 is 4.80. The molecular formula is C10H17NO2. The van der Waals surface area contributed by atoms with Crippen molar-refractivity contribution in [3.8, 4) is 0 Å². The van der Waals surface area contributed by atoms with Crippen LogP contribution in [-0.4, -0.2) is 19.1 Å². The predicted octanol–water partition coefficient (Wildman–Crippen LogP) is 0.923. The van der Waals surface area contributed by atoms with Gasteiger partial charge in [0.1, 0.15) is 0 Å². The molecule has 2 N–H and O–H groups in total. The summed E-state index contributed by atoms with van der Waals surface area (Å²) in [5.41, 5.74) is 5.97. The molecule has 0 saturated heterocycles. The Balaban J connectivity index is 2.06. The lowest BCUT2D eigenvalue weighted by Crippen LogP contribution is -2.47. The first-order valence-corrected chi connectivity index (χ1v) is 5.05. The zero-order valence-electron chi connectivity index (χ0n) is 8.03. The van der Waals surface area contributed by atoms with Gasteiger partial charge in [0.25, 0.3) is 0 Å². The number of hydrogen-bond donors (Lipinski definition) is 1. The highest BCUT2D eigenvalue weighted by Crippen LogP contribution is 2.44. The Bertz CT molecular complexity index is 217. The van der Waals surface area contributed by atoms with Crippen molar-refractivity contribution in [3.05, 3.63) is 0 Å². The molecule has 3 aliphatic carbocycles. The SMILES string of the molecule is COC(=O)[C@@H]1C[C@H]2CC[C@@H]1C[C@H]2N. The third-order valence-electron chi connectivity index (χ3n) is 3.72. The van der Waals surface area contributed by atoms with Crippen LogP contribution in [0.4, 0.5) is 0 Å². The number of carbonyl (C=O) groups excluding carboxylic acids is 1. The minimum atomic E-state index is -0.0263. The van der Waals surface area contributed by atoms with E-state index in [9.17, 15) is 4.79 Å². The maximum atomic E-state index is 11.4. The molecule has 3 aliphatic rings. The van der Waals surface area contributed by atoms with Gasteiger partial charge in [0.15, 0.2) is 0 Å². The summed E-state index contributed by atoms with van der Waals surface area (Å²) in [6.07, 6.45) is 4.35. The highest BCUT2D eigenvalue weighted by molar-refractivity contribution is 5.73. The number of ether oxygens (including phenoxy) is 1. The summed E-state index contributed by atoms with van der Waals surface area (Å²) in [4.78, 5) is 11.4. The summed E-state index contributed by atoms with van der Waals surface area (Å²) >= 11 is 0. The van der Waals surface area contributed by atoms with Gasteiger partial charge in [-0.25, -0.2) is 0 Å². The van der Waals surface area contributed by atoms with Gasteiger partial charge < -0.3 is 10.5 Å². The van der Waals surface area contributed by atoms with E-state index in [2.05, 4.69) is 0 Å². The third kappa shape index (κ3) is 1.46. The van der Waals surface area contributed by atoms with Crippen molar-refractivity contribution in [2.24, 2.45) is 23.5 Å². The second kappa shape index (κ2) is 3.29. The Hall–Kier alpha value is -0.570. The lowest BCUT2D eigenvalue weighted by Gasteiger charge is -2.44. The minimum Gasteiger partial charge on any atom is -0.469 e. The molecule has 0 aromatic rings. The number of fused-ring (bicyclic) bond motifs is 3. The molecule has 3 nitrogen and oxygen atoms in total. The van der Waals surface area contributed by atoms with Gasteiger partial charge in [0.2, 0.25) is 0 Å². The molecular weight excluding hydrogens is 166 g/mol. The van der Waals surface area contributed by atoms with Gasteiger partial charge in [-0.05, 0) is 37.5 Å². The lowest BCUT2D eigenvalue weighted by molar-refractivity contribution is -0.151. The molecule has 0 aromatic heterocycles.